The number of nitrogens with one attached hydrogen (secondary N) is 1. The van der Waals surface area contributed by atoms with Gasteiger partial charge >= 0.3 is 0 Å². The zero-order valence-corrected chi connectivity index (χ0v) is 13.3. The van der Waals surface area contributed by atoms with Gasteiger partial charge in [0.05, 0.1) is 12.3 Å². The van der Waals surface area contributed by atoms with E-state index in [0.717, 1.165) is 6.42 Å². The molecule has 0 heterocycles. The van der Waals surface area contributed by atoms with E-state index in [9.17, 15) is 8.60 Å². The quantitative estimate of drug-likeness (QED) is 0.865. The Balaban J connectivity index is 0. The van der Waals surface area contributed by atoms with E-state index in [2.05, 4.69) is 4.72 Å². The number of hydrogen-bond acceptors (Lipinski definition) is 2. The number of rotatable bonds is 5. The van der Waals surface area contributed by atoms with E-state index in [1.807, 2.05) is 34.6 Å². The molecular formula is C14H26FNO2S. The van der Waals surface area contributed by atoms with Crippen LogP contribution in [0.4, 0.5) is 10.1 Å². The average molecular weight is 291 g/mol. The first-order valence-electron chi connectivity index (χ1n) is 6.72. The Kier molecular flexibility index (Phi) is 14.5. The number of benzene rings is 1. The monoisotopic (exact) mass is 291 g/mol. The highest BCUT2D eigenvalue weighted by Gasteiger charge is 2.08. The molecule has 0 radical (unpaired) electrons. The third-order valence-corrected chi connectivity index (χ3v) is 3.09. The zero-order chi connectivity index (χ0) is 15.3. The Morgan fingerprint density at radius 2 is 1.84 bits per heavy atom. The molecule has 2 N–H and O–H groups in total. The first kappa shape index (κ1) is 20.4. The molecule has 0 aliphatic heterocycles. The van der Waals surface area contributed by atoms with Gasteiger partial charge in [-0.25, -0.2) is 8.60 Å². The van der Waals surface area contributed by atoms with Crippen molar-refractivity contribution in [2.45, 2.75) is 47.6 Å². The fourth-order valence-corrected chi connectivity index (χ4v) is 2.02. The van der Waals surface area contributed by atoms with Gasteiger partial charge in [0.25, 0.3) is 0 Å². The van der Waals surface area contributed by atoms with Crippen LogP contribution >= 0.6 is 0 Å². The number of halogens is 1. The van der Waals surface area contributed by atoms with Gasteiger partial charge in [-0.15, -0.1) is 0 Å². The van der Waals surface area contributed by atoms with Crippen LogP contribution in [0.2, 0.25) is 0 Å². The van der Waals surface area contributed by atoms with Gasteiger partial charge in [-0.1, -0.05) is 46.8 Å². The second-order valence-electron chi connectivity index (χ2n) is 3.09. The molecule has 0 spiro atoms. The van der Waals surface area contributed by atoms with Crippen LogP contribution in [0.15, 0.2) is 18.2 Å². The Bertz CT molecular complexity index is 359. The average Bonchev–Trinajstić information content (AvgIpc) is 2.46. The molecule has 3 nitrogen and oxygen atoms in total. The van der Waals surface area contributed by atoms with E-state index in [4.69, 9.17) is 5.11 Å². The molecule has 0 saturated heterocycles. The van der Waals surface area contributed by atoms with E-state index in [-0.39, 0.29) is 17.9 Å². The fraction of sp³-hybridized carbons (Fsp3) is 0.571. The molecule has 112 valence electrons. The first-order chi connectivity index (χ1) is 9.19. The van der Waals surface area contributed by atoms with Crippen LogP contribution < -0.4 is 4.72 Å². The van der Waals surface area contributed by atoms with Crippen molar-refractivity contribution in [2.75, 3.05) is 10.5 Å². The maximum atomic E-state index is 13.5. The van der Waals surface area contributed by atoms with Crippen molar-refractivity contribution in [1.29, 1.82) is 0 Å². The molecule has 0 aromatic heterocycles. The van der Waals surface area contributed by atoms with Crippen LogP contribution in [0.3, 0.4) is 0 Å². The van der Waals surface area contributed by atoms with Crippen molar-refractivity contribution < 1.29 is 13.7 Å². The Labute approximate surface area is 118 Å². The summed E-state index contributed by atoms with van der Waals surface area (Å²) in [4.78, 5) is 0. The molecule has 1 aromatic carbocycles. The highest BCUT2D eigenvalue weighted by Crippen LogP contribution is 2.18. The van der Waals surface area contributed by atoms with Crippen molar-refractivity contribution in [3.63, 3.8) is 0 Å². The number of aliphatic hydroxyl groups is 1. The first-order valence-corrected chi connectivity index (χ1v) is 8.04. The second kappa shape index (κ2) is 13.5. The minimum Gasteiger partial charge on any atom is -0.392 e. The molecule has 5 heteroatoms. The van der Waals surface area contributed by atoms with Crippen molar-refractivity contribution in [3.8, 4) is 0 Å². The maximum absolute atomic E-state index is 13.5. The molecule has 19 heavy (non-hydrogen) atoms. The molecule has 1 unspecified atom stereocenters. The van der Waals surface area contributed by atoms with Crippen molar-refractivity contribution in [3.05, 3.63) is 29.6 Å². The predicted octanol–water partition coefficient (Wildman–Crippen LogP) is 3.86. The van der Waals surface area contributed by atoms with Gasteiger partial charge in [0.2, 0.25) is 0 Å². The minimum atomic E-state index is -1.26. The van der Waals surface area contributed by atoms with E-state index in [1.54, 1.807) is 6.07 Å². The third-order valence-electron chi connectivity index (χ3n) is 1.86. The van der Waals surface area contributed by atoms with E-state index in [1.165, 1.54) is 12.1 Å². The third kappa shape index (κ3) is 7.95. The van der Waals surface area contributed by atoms with Gasteiger partial charge < -0.3 is 9.83 Å². The van der Waals surface area contributed by atoms with Gasteiger partial charge in [0, 0.05) is 11.3 Å². The van der Waals surface area contributed by atoms with E-state index in [0.29, 0.717) is 5.75 Å². The summed E-state index contributed by atoms with van der Waals surface area (Å²) >= 11 is 0. The predicted molar refractivity (Wildman–Crippen MR) is 81.9 cm³/mol. The Morgan fingerprint density at radius 1 is 1.26 bits per heavy atom. The summed E-state index contributed by atoms with van der Waals surface area (Å²) in [6.45, 7) is 9.54. The summed E-state index contributed by atoms with van der Waals surface area (Å²) in [5.74, 6) is -0.0626. The van der Waals surface area contributed by atoms with Crippen LogP contribution in [0.5, 0.6) is 0 Å². The SMILES string of the molecule is CC.CC.CCCS(=O)Nc1cccc(CO)c1F. The smallest absolute Gasteiger partial charge is 0.152 e. The molecular weight excluding hydrogens is 265 g/mol. The van der Waals surface area contributed by atoms with Gasteiger partial charge in [0.15, 0.2) is 5.82 Å². The van der Waals surface area contributed by atoms with Gasteiger partial charge in [-0.05, 0) is 12.5 Å². The lowest BCUT2D eigenvalue weighted by molar-refractivity contribution is 0.276. The second-order valence-corrected chi connectivity index (χ2v) is 4.39. The molecule has 0 aliphatic carbocycles. The summed E-state index contributed by atoms with van der Waals surface area (Å²) in [6.07, 6.45) is 0.765. The molecule has 0 amide bonds. The fourth-order valence-electron chi connectivity index (χ4n) is 1.14. The molecule has 0 aliphatic rings. The number of anilines is 1. The van der Waals surface area contributed by atoms with E-state index < -0.39 is 16.8 Å². The van der Waals surface area contributed by atoms with Crippen LogP contribution in [-0.4, -0.2) is 15.1 Å². The lowest BCUT2D eigenvalue weighted by atomic mass is 10.2. The molecule has 1 aromatic rings. The van der Waals surface area contributed by atoms with Crippen molar-refractivity contribution >= 4 is 16.7 Å². The summed E-state index contributed by atoms with van der Waals surface area (Å²) < 4.78 is 27.4. The summed E-state index contributed by atoms with van der Waals surface area (Å²) in [7, 11) is -1.26. The summed E-state index contributed by atoms with van der Waals surface area (Å²) in [6, 6.07) is 4.60. The normalized spacial score (nSPS) is 10.5. The molecule has 0 saturated carbocycles. The van der Waals surface area contributed by atoms with Crippen LogP contribution in [0.25, 0.3) is 0 Å². The van der Waals surface area contributed by atoms with Crippen molar-refractivity contribution in [1.82, 2.24) is 0 Å². The van der Waals surface area contributed by atoms with Crippen LogP contribution in [-0.2, 0) is 17.6 Å². The topological polar surface area (TPSA) is 49.3 Å². The zero-order valence-electron chi connectivity index (χ0n) is 12.5. The van der Waals surface area contributed by atoms with Gasteiger partial charge in [0.1, 0.15) is 11.0 Å². The van der Waals surface area contributed by atoms with Crippen molar-refractivity contribution in [2.24, 2.45) is 0 Å². The maximum Gasteiger partial charge on any atom is 0.152 e. The minimum absolute atomic E-state index is 0.174. The Hall–Kier alpha value is -0.940. The highest BCUT2D eigenvalue weighted by atomic mass is 32.2. The Morgan fingerprint density at radius 3 is 2.32 bits per heavy atom. The summed E-state index contributed by atoms with van der Waals surface area (Å²) in [5, 5.41) is 8.84. The standard InChI is InChI=1S/C10H14FNO2S.2C2H6/c1-2-6-15(14)12-9-5-3-4-8(7-13)10(9)11;2*1-2/h3-5,12-13H,2,6-7H2,1H3;2*1-2H3. The molecule has 1 atom stereocenters. The summed E-state index contributed by atoms with van der Waals surface area (Å²) in [5.41, 5.74) is 0.377. The number of aliphatic hydroxyl groups excluding tert-OH is 1. The van der Waals surface area contributed by atoms with E-state index >= 15 is 0 Å². The lowest BCUT2D eigenvalue weighted by Gasteiger charge is -2.08. The van der Waals surface area contributed by atoms with Gasteiger partial charge in [-0.3, -0.25) is 0 Å². The molecule has 0 fully saturated rings. The lowest BCUT2D eigenvalue weighted by Crippen LogP contribution is -2.09. The highest BCUT2D eigenvalue weighted by molar-refractivity contribution is 7.86. The largest absolute Gasteiger partial charge is 0.392 e. The molecule has 0 bridgehead atoms. The molecule has 1 rings (SSSR count). The van der Waals surface area contributed by atoms with Gasteiger partial charge in [-0.2, -0.15) is 0 Å². The van der Waals surface area contributed by atoms with Crippen LogP contribution in [0.1, 0.15) is 46.6 Å². The number of hydrogen-bond donors (Lipinski definition) is 2. The van der Waals surface area contributed by atoms with Crippen LogP contribution in [0, 0.1) is 5.82 Å².